The smallest absolute Gasteiger partial charge is 0.263 e. The van der Waals surface area contributed by atoms with Gasteiger partial charge in [0.05, 0.1) is 6.54 Å². The minimum atomic E-state index is -3.72. The molecular weight excluding hydrogens is 314 g/mol. The summed E-state index contributed by atoms with van der Waals surface area (Å²) >= 11 is 1.37. The molecule has 0 aliphatic heterocycles. The number of H-pyrrole nitrogens is 1. The molecule has 2 N–H and O–H groups in total. The fourth-order valence-corrected chi connectivity index (χ4v) is 4.07. The molecule has 0 fully saturated rings. The highest BCUT2D eigenvalue weighted by molar-refractivity contribution is 7.89. The highest BCUT2D eigenvalue weighted by Crippen LogP contribution is 2.27. The zero-order valence-corrected chi connectivity index (χ0v) is 12.9. The van der Waals surface area contributed by atoms with Crippen molar-refractivity contribution in [2.24, 2.45) is 0 Å². The van der Waals surface area contributed by atoms with Crippen LogP contribution in [-0.4, -0.2) is 51.4 Å². The summed E-state index contributed by atoms with van der Waals surface area (Å²) in [5.74, 6) is 0.796. The summed E-state index contributed by atoms with van der Waals surface area (Å²) in [7, 11) is -0.591. The summed E-state index contributed by atoms with van der Waals surface area (Å²) in [4.78, 5) is 8.82. The van der Waals surface area contributed by atoms with E-state index < -0.39 is 10.0 Å². The Morgan fingerprint density at radius 1 is 1.52 bits per heavy atom. The SMILES string of the molecule is CNc1nc2sccn2c1S(=O)(=O)N(C)Cc1ncn[nH]1. The van der Waals surface area contributed by atoms with E-state index in [9.17, 15) is 8.42 Å². The van der Waals surface area contributed by atoms with Crippen LogP contribution in [0.2, 0.25) is 0 Å². The number of nitrogens with zero attached hydrogens (tertiary/aromatic N) is 5. The summed E-state index contributed by atoms with van der Waals surface area (Å²) in [6, 6.07) is 0. The van der Waals surface area contributed by atoms with E-state index in [1.807, 2.05) is 0 Å². The first-order valence-electron chi connectivity index (χ1n) is 5.98. The second-order valence-electron chi connectivity index (χ2n) is 4.26. The van der Waals surface area contributed by atoms with E-state index in [2.05, 4.69) is 25.5 Å². The molecule has 0 unspecified atom stereocenters. The van der Waals surface area contributed by atoms with Crippen LogP contribution < -0.4 is 5.32 Å². The monoisotopic (exact) mass is 327 g/mol. The fourth-order valence-electron chi connectivity index (χ4n) is 1.92. The van der Waals surface area contributed by atoms with Gasteiger partial charge in [0.25, 0.3) is 10.0 Å². The number of nitrogens with one attached hydrogen (secondary N) is 2. The Labute approximate surface area is 124 Å². The van der Waals surface area contributed by atoms with Crippen LogP contribution in [-0.2, 0) is 16.6 Å². The fraction of sp³-hybridized carbons (Fsp3) is 0.300. The largest absolute Gasteiger partial charge is 0.371 e. The maximum absolute atomic E-state index is 12.8. The number of fused-ring (bicyclic) bond motifs is 1. The van der Waals surface area contributed by atoms with Crippen molar-refractivity contribution < 1.29 is 8.42 Å². The van der Waals surface area contributed by atoms with Gasteiger partial charge in [-0.1, -0.05) is 0 Å². The standard InChI is InChI=1S/C10H13N7O2S2/c1-11-8-9(17-3-4-20-10(17)14-8)21(18,19)16(2)5-7-12-6-13-15-7/h3-4,6,11H,5H2,1-2H3,(H,12,13,15). The van der Waals surface area contributed by atoms with Gasteiger partial charge in [-0.15, -0.1) is 11.3 Å². The second-order valence-corrected chi connectivity index (χ2v) is 7.10. The van der Waals surface area contributed by atoms with Gasteiger partial charge in [0.15, 0.2) is 15.8 Å². The Morgan fingerprint density at radius 3 is 3.00 bits per heavy atom. The van der Waals surface area contributed by atoms with Crippen molar-refractivity contribution in [1.82, 2.24) is 28.9 Å². The van der Waals surface area contributed by atoms with Crippen molar-refractivity contribution >= 4 is 32.1 Å². The van der Waals surface area contributed by atoms with E-state index in [4.69, 9.17) is 0 Å². The van der Waals surface area contributed by atoms with Crippen LogP contribution in [0.3, 0.4) is 0 Å². The molecule has 11 heteroatoms. The van der Waals surface area contributed by atoms with Gasteiger partial charge in [-0.2, -0.15) is 9.40 Å². The lowest BCUT2D eigenvalue weighted by atomic mass is 10.6. The van der Waals surface area contributed by atoms with Crippen molar-refractivity contribution in [2.45, 2.75) is 11.6 Å². The molecule has 0 amide bonds. The van der Waals surface area contributed by atoms with Crippen LogP contribution in [0, 0.1) is 0 Å². The number of sulfonamides is 1. The third kappa shape index (κ3) is 2.28. The number of aromatic nitrogens is 5. The summed E-state index contributed by atoms with van der Waals surface area (Å²) in [5.41, 5.74) is 0. The second kappa shape index (κ2) is 5.09. The minimum absolute atomic E-state index is 0.100. The average molecular weight is 327 g/mol. The van der Waals surface area contributed by atoms with Crippen LogP contribution in [0.5, 0.6) is 0 Å². The van der Waals surface area contributed by atoms with E-state index in [1.54, 1.807) is 23.0 Å². The first-order valence-corrected chi connectivity index (χ1v) is 8.30. The molecule has 0 saturated carbocycles. The van der Waals surface area contributed by atoms with Crippen LogP contribution in [0.1, 0.15) is 5.82 Å². The molecule has 0 spiro atoms. The van der Waals surface area contributed by atoms with Crippen molar-refractivity contribution in [3.63, 3.8) is 0 Å². The van der Waals surface area contributed by atoms with E-state index in [0.717, 1.165) is 0 Å². The highest BCUT2D eigenvalue weighted by atomic mass is 32.2. The van der Waals surface area contributed by atoms with Gasteiger partial charge in [-0.3, -0.25) is 9.50 Å². The average Bonchev–Trinajstić information content (AvgIpc) is 3.13. The summed E-state index contributed by atoms with van der Waals surface area (Å²) in [5, 5.41) is 11.1. The number of aromatic amines is 1. The topological polar surface area (TPSA) is 108 Å². The van der Waals surface area contributed by atoms with E-state index >= 15 is 0 Å². The molecule has 0 aliphatic rings. The lowest BCUT2D eigenvalue weighted by Gasteiger charge is -2.15. The zero-order valence-electron chi connectivity index (χ0n) is 11.3. The molecule has 0 saturated heterocycles. The van der Waals surface area contributed by atoms with E-state index in [-0.39, 0.29) is 11.6 Å². The van der Waals surface area contributed by atoms with Crippen molar-refractivity contribution in [3.05, 3.63) is 23.7 Å². The van der Waals surface area contributed by atoms with E-state index in [0.29, 0.717) is 16.6 Å². The molecule has 0 bridgehead atoms. The van der Waals surface area contributed by atoms with Crippen molar-refractivity contribution in [1.29, 1.82) is 0 Å². The molecule has 3 aromatic rings. The predicted molar refractivity (Wildman–Crippen MR) is 77.7 cm³/mol. The van der Waals surface area contributed by atoms with Gasteiger partial charge in [0.1, 0.15) is 12.2 Å². The van der Waals surface area contributed by atoms with E-state index in [1.165, 1.54) is 29.0 Å². The quantitative estimate of drug-likeness (QED) is 0.701. The van der Waals surface area contributed by atoms with Crippen LogP contribution in [0.4, 0.5) is 5.82 Å². The van der Waals surface area contributed by atoms with Gasteiger partial charge >= 0.3 is 0 Å². The van der Waals surface area contributed by atoms with Gasteiger partial charge < -0.3 is 5.32 Å². The zero-order chi connectivity index (χ0) is 15.0. The molecular formula is C10H13N7O2S2. The predicted octanol–water partition coefficient (Wildman–Crippen LogP) is 0.376. The van der Waals surface area contributed by atoms with Gasteiger partial charge in [0.2, 0.25) is 0 Å². The molecule has 0 aliphatic carbocycles. The molecule has 112 valence electrons. The van der Waals surface area contributed by atoms with Crippen molar-refractivity contribution in [3.8, 4) is 0 Å². The number of rotatable bonds is 5. The number of imidazole rings is 1. The molecule has 3 rings (SSSR count). The lowest BCUT2D eigenvalue weighted by Crippen LogP contribution is -2.28. The number of hydrogen-bond donors (Lipinski definition) is 2. The Hall–Kier alpha value is -1.98. The molecule has 3 heterocycles. The Balaban J connectivity index is 2.05. The highest BCUT2D eigenvalue weighted by Gasteiger charge is 2.30. The molecule has 9 nitrogen and oxygen atoms in total. The molecule has 3 aromatic heterocycles. The third-order valence-electron chi connectivity index (χ3n) is 2.95. The summed E-state index contributed by atoms with van der Waals surface area (Å²) in [6.07, 6.45) is 3.02. The number of thiazole rings is 1. The number of anilines is 1. The normalized spacial score (nSPS) is 12.3. The van der Waals surface area contributed by atoms with Crippen LogP contribution >= 0.6 is 11.3 Å². The Bertz CT molecular complexity index is 849. The minimum Gasteiger partial charge on any atom is -0.371 e. The maximum Gasteiger partial charge on any atom is 0.263 e. The first kappa shape index (κ1) is 14.0. The van der Waals surface area contributed by atoms with Gasteiger partial charge in [-0.05, 0) is 0 Å². The molecule has 21 heavy (non-hydrogen) atoms. The summed E-state index contributed by atoms with van der Waals surface area (Å²) < 4.78 is 28.3. The number of hydrogen-bond acceptors (Lipinski definition) is 7. The van der Waals surface area contributed by atoms with Crippen LogP contribution in [0.25, 0.3) is 4.96 Å². The van der Waals surface area contributed by atoms with Gasteiger partial charge in [0, 0.05) is 25.7 Å². The van der Waals surface area contributed by atoms with Crippen LogP contribution in [0.15, 0.2) is 22.9 Å². The van der Waals surface area contributed by atoms with Gasteiger partial charge in [-0.25, -0.2) is 18.4 Å². The Morgan fingerprint density at radius 2 is 2.33 bits per heavy atom. The maximum atomic E-state index is 12.8. The Kier molecular flexibility index (Phi) is 3.39. The summed E-state index contributed by atoms with van der Waals surface area (Å²) in [6.45, 7) is 0.100. The van der Waals surface area contributed by atoms with Crippen molar-refractivity contribution in [2.75, 3.05) is 19.4 Å². The third-order valence-corrected chi connectivity index (χ3v) is 5.53. The molecule has 0 aromatic carbocycles. The molecule has 0 atom stereocenters. The lowest BCUT2D eigenvalue weighted by molar-refractivity contribution is 0.454. The molecule has 0 radical (unpaired) electrons. The first-order chi connectivity index (χ1) is 10.0.